The number of aliphatic imine (C=N–C) groups is 1. The summed E-state index contributed by atoms with van der Waals surface area (Å²) in [4.78, 5) is 8.43. The Kier molecular flexibility index (Phi) is 4.63. The Morgan fingerprint density at radius 1 is 1.48 bits per heavy atom. The second-order valence-electron chi connectivity index (χ2n) is 5.49. The highest BCUT2D eigenvalue weighted by molar-refractivity contribution is 6.30. The van der Waals surface area contributed by atoms with Gasteiger partial charge in [-0.25, -0.2) is 4.98 Å². The van der Waals surface area contributed by atoms with Crippen LogP contribution in [0.15, 0.2) is 52.5 Å². The maximum Gasteiger partial charge on any atom is 0.242 e. The number of hydrogen-bond donors (Lipinski definition) is 1. The zero-order valence-electron chi connectivity index (χ0n) is 12.7. The highest BCUT2D eigenvalue weighted by Gasteiger charge is 2.25. The van der Waals surface area contributed by atoms with Crippen LogP contribution in [0.2, 0.25) is 5.02 Å². The molecule has 1 aliphatic carbocycles. The number of halogens is 1. The molecule has 0 saturated carbocycles. The monoisotopic (exact) mass is 327 g/mol. The van der Waals surface area contributed by atoms with E-state index >= 15 is 0 Å². The van der Waals surface area contributed by atoms with Crippen molar-refractivity contribution in [2.75, 3.05) is 0 Å². The zero-order chi connectivity index (χ0) is 16.2. The van der Waals surface area contributed by atoms with Gasteiger partial charge in [0, 0.05) is 30.3 Å². The average Bonchev–Trinajstić information content (AvgIpc) is 2.98. The molecule has 0 fully saturated rings. The van der Waals surface area contributed by atoms with Crippen molar-refractivity contribution >= 4 is 23.5 Å². The molecule has 0 saturated heterocycles. The van der Waals surface area contributed by atoms with Crippen molar-refractivity contribution in [3.8, 4) is 0 Å². The number of nitrogens with two attached hydrogens (primary N) is 1. The first-order valence-electron chi connectivity index (χ1n) is 7.51. The Balaban J connectivity index is 1.80. The fraction of sp³-hybridized carbons (Fsp3) is 0.222. The van der Waals surface area contributed by atoms with Gasteiger partial charge in [0.15, 0.2) is 0 Å². The second-order valence-corrected chi connectivity index (χ2v) is 5.92. The second kappa shape index (κ2) is 6.84. The molecule has 2 aromatic rings. The van der Waals surface area contributed by atoms with Gasteiger partial charge in [-0.05, 0) is 36.1 Å². The summed E-state index contributed by atoms with van der Waals surface area (Å²) in [6.07, 6.45) is 7.39. The zero-order valence-corrected chi connectivity index (χ0v) is 13.5. The number of fused-ring (bicyclic) bond motifs is 1. The lowest BCUT2D eigenvalue weighted by molar-refractivity contribution is 0.450. The minimum absolute atomic E-state index is 0.409. The standard InChI is InChI=1S/C18H18ClN3O/c1-2-21-9-8-15(20)18-22-16-11-13(6-7-17(16)23-18)12-4-3-5-14(19)10-12/h2-5,8-10,13H,1,6-7,11,20H2/b15-8-,21-9-. The van der Waals surface area contributed by atoms with E-state index in [2.05, 4.69) is 22.6 Å². The summed E-state index contributed by atoms with van der Waals surface area (Å²) in [5, 5.41) is 0.767. The third-order valence-corrected chi connectivity index (χ3v) is 4.19. The maximum atomic E-state index is 6.09. The molecule has 5 heteroatoms. The van der Waals surface area contributed by atoms with Gasteiger partial charge in [0.25, 0.3) is 0 Å². The first kappa shape index (κ1) is 15.6. The molecule has 118 valence electrons. The van der Waals surface area contributed by atoms with Gasteiger partial charge in [0.1, 0.15) is 5.76 Å². The summed E-state index contributed by atoms with van der Waals surface area (Å²) in [6, 6.07) is 8.02. The van der Waals surface area contributed by atoms with Crippen LogP contribution in [-0.2, 0) is 12.8 Å². The van der Waals surface area contributed by atoms with Crippen LogP contribution in [0.5, 0.6) is 0 Å². The van der Waals surface area contributed by atoms with Gasteiger partial charge in [-0.3, -0.25) is 4.99 Å². The highest BCUT2D eigenvalue weighted by Crippen LogP contribution is 2.34. The summed E-state index contributed by atoms with van der Waals surface area (Å²) >= 11 is 6.09. The van der Waals surface area contributed by atoms with Crippen LogP contribution in [0.1, 0.15) is 35.2 Å². The molecule has 1 atom stereocenters. The third-order valence-electron chi connectivity index (χ3n) is 3.95. The summed E-state index contributed by atoms with van der Waals surface area (Å²) in [5.74, 6) is 1.79. The number of aromatic nitrogens is 1. The quantitative estimate of drug-likeness (QED) is 0.859. The molecule has 3 rings (SSSR count). The smallest absolute Gasteiger partial charge is 0.242 e. The Morgan fingerprint density at radius 3 is 3.13 bits per heavy atom. The number of nitrogens with zero attached hydrogens (tertiary/aromatic N) is 2. The van der Waals surface area contributed by atoms with E-state index in [-0.39, 0.29) is 0 Å². The van der Waals surface area contributed by atoms with E-state index in [1.54, 1.807) is 12.3 Å². The van der Waals surface area contributed by atoms with Crippen LogP contribution in [0.25, 0.3) is 5.70 Å². The Labute approximate surface area is 140 Å². The topological polar surface area (TPSA) is 64.4 Å². The lowest BCUT2D eigenvalue weighted by Crippen LogP contribution is -2.12. The number of hydrogen-bond acceptors (Lipinski definition) is 4. The predicted octanol–water partition coefficient (Wildman–Crippen LogP) is 4.11. The number of benzene rings is 1. The van der Waals surface area contributed by atoms with Crippen molar-refractivity contribution in [3.63, 3.8) is 0 Å². The molecule has 2 N–H and O–H groups in total. The first-order chi connectivity index (χ1) is 11.2. The van der Waals surface area contributed by atoms with Crippen LogP contribution in [0, 0.1) is 0 Å². The largest absolute Gasteiger partial charge is 0.440 e. The summed E-state index contributed by atoms with van der Waals surface area (Å²) < 4.78 is 5.79. The third kappa shape index (κ3) is 3.54. The number of aryl methyl sites for hydroxylation is 1. The lowest BCUT2D eigenvalue weighted by Gasteiger charge is -2.20. The first-order valence-corrected chi connectivity index (χ1v) is 7.89. The summed E-state index contributed by atoms with van der Waals surface area (Å²) in [5.41, 5.74) is 8.66. The van der Waals surface area contributed by atoms with Gasteiger partial charge in [0.05, 0.1) is 11.4 Å². The van der Waals surface area contributed by atoms with Crippen LogP contribution >= 0.6 is 11.6 Å². The Bertz CT molecular complexity index is 776. The van der Waals surface area contributed by atoms with E-state index in [0.29, 0.717) is 17.5 Å². The molecular formula is C18H18ClN3O. The molecule has 4 nitrogen and oxygen atoms in total. The molecule has 1 unspecified atom stereocenters. The fourth-order valence-corrected chi connectivity index (χ4v) is 3.00. The van der Waals surface area contributed by atoms with Crippen molar-refractivity contribution in [2.24, 2.45) is 10.7 Å². The number of allylic oxidation sites excluding steroid dienone is 1. The minimum atomic E-state index is 0.409. The fourth-order valence-electron chi connectivity index (χ4n) is 2.80. The Hall–Kier alpha value is -2.33. The normalized spacial score (nSPS) is 18.1. The van der Waals surface area contributed by atoms with Crippen molar-refractivity contribution < 1.29 is 4.42 Å². The Morgan fingerprint density at radius 2 is 2.35 bits per heavy atom. The van der Waals surface area contributed by atoms with Crippen molar-refractivity contribution in [3.05, 3.63) is 71.1 Å². The molecule has 1 aromatic heterocycles. The van der Waals surface area contributed by atoms with Gasteiger partial charge >= 0.3 is 0 Å². The van der Waals surface area contributed by atoms with E-state index in [1.165, 1.54) is 11.8 Å². The molecule has 1 heterocycles. The minimum Gasteiger partial charge on any atom is -0.440 e. The van der Waals surface area contributed by atoms with Crippen LogP contribution in [-0.4, -0.2) is 11.2 Å². The van der Waals surface area contributed by atoms with Gasteiger partial charge in [-0.1, -0.05) is 30.3 Å². The predicted molar refractivity (Wildman–Crippen MR) is 93.6 cm³/mol. The molecule has 1 aliphatic rings. The van der Waals surface area contributed by atoms with Crippen LogP contribution in [0.3, 0.4) is 0 Å². The molecule has 0 spiro atoms. The number of oxazole rings is 1. The molecule has 0 aliphatic heterocycles. The highest BCUT2D eigenvalue weighted by atomic mass is 35.5. The summed E-state index contributed by atoms with van der Waals surface area (Å²) in [6.45, 7) is 3.51. The molecule has 0 bridgehead atoms. The molecule has 0 amide bonds. The van der Waals surface area contributed by atoms with Gasteiger partial charge < -0.3 is 10.2 Å². The molecule has 1 aromatic carbocycles. The van der Waals surface area contributed by atoms with Crippen LogP contribution in [0.4, 0.5) is 0 Å². The van der Waals surface area contributed by atoms with Gasteiger partial charge in [0.2, 0.25) is 5.89 Å². The van der Waals surface area contributed by atoms with E-state index in [9.17, 15) is 0 Å². The van der Waals surface area contributed by atoms with E-state index in [1.807, 2.05) is 18.2 Å². The number of rotatable bonds is 4. The van der Waals surface area contributed by atoms with Crippen molar-refractivity contribution in [2.45, 2.75) is 25.2 Å². The lowest BCUT2D eigenvalue weighted by atomic mass is 9.85. The summed E-state index contributed by atoms with van der Waals surface area (Å²) in [7, 11) is 0. The van der Waals surface area contributed by atoms with E-state index < -0.39 is 0 Å². The van der Waals surface area contributed by atoms with Gasteiger partial charge in [-0.2, -0.15) is 0 Å². The van der Waals surface area contributed by atoms with Gasteiger partial charge in [-0.15, -0.1) is 0 Å². The SMILES string of the molecule is C=C/N=C\C=C(/N)c1nc2c(o1)CCC(c1cccc(Cl)c1)C2. The molecule has 23 heavy (non-hydrogen) atoms. The molecular weight excluding hydrogens is 310 g/mol. The van der Waals surface area contributed by atoms with Crippen molar-refractivity contribution in [1.29, 1.82) is 0 Å². The van der Waals surface area contributed by atoms with Crippen molar-refractivity contribution in [1.82, 2.24) is 4.98 Å². The average molecular weight is 328 g/mol. The van der Waals surface area contributed by atoms with E-state index in [4.69, 9.17) is 21.8 Å². The van der Waals surface area contributed by atoms with Crippen LogP contribution < -0.4 is 5.73 Å². The molecule has 0 radical (unpaired) electrons. The van der Waals surface area contributed by atoms with E-state index in [0.717, 1.165) is 35.7 Å². The maximum absolute atomic E-state index is 6.09.